The van der Waals surface area contributed by atoms with Crippen LogP contribution in [0, 0.1) is 0 Å². The lowest BCUT2D eigenvalue weighted by molar-refractivity contribution is -0.0201. The summed E-state index contributed by atoms with van der Waals surface area (Å²) in [5, 5.41) is 20.0. The number of aliphatic hydroxyl groups is 2. The van der Waals surface area contributed by atoms with Crippen molar-refractivity contribution in [2.45, 2.75) is 48.5 Å². The van der Waals surface area contributed by atoms with Crippen LogP contribution in [-0.4, -0.2) is 81.2 Å². The van der Waals surface area contributed by atoms with Crippen LogP contribution >= 0.6 is 0 Å². The summed E-state index contributed by atoms with van der Waals surface area (Å²) in [6, 6.07) is 5.79. The highest BCUT2D eigenvalue weighted by Gasteiger charge is 2.46. The molecule has 4 atom stereocenters. The Morgan fingerprint density at radius 3 is 2.44 bits per heavy atom. The van der Waals surface area contributed by atoms with E-state index in [-0.39, 0.29) is 24.1 Å². The molecule has 2 fully saturated rings. The average Bonchev–Trinajstić information content (AvgIpc) is 3.02. The molecule has 3 rings (SSSR count). The van der Waals surface area contributed by atoms with Crippen molar-refractivity contribution in [2.75, 3.05) is 33.4 Å². The van der Waals surface area contributed by atoms with Crippen LogP contribution in [0.1, 0.15) is 19.3 Å². The first-order valence-electron chi connectivity index (χ1n) is 9.28. The number of aliphatic hydroxyl groups excluding tert-OH is 2. The fourth-order valence-electron chi connectivity index (χ4n) is 3.84. The summed E-state index contributed by atoms with van der Waals surface area (Å²) >= 11 is 0. The average molecular weight is 400 g/mol. The van der Waals surface area contributed by atoms with Crippen molar-refractivity contribution in [1.82, 2.24) is 9.62 Å². The number of piperidine rings is 1. The number of rotatable bonds is 7. The van der Waals surface area contributed by atoms with Gasteiger partial charge in [0, 0.05) is 6.54 Å². The van der Waals surface area contributed by atoms with Crippen molar-refractivity contribution in [3.05, 3.63) is 24.3 Å². The molecule has 2 aliphatic heterocycles. The number of likely N-dealkylation sites (tertiary alicyclic amines) is 1. The zero-order chi connectivity index (χ0) is 19.4. The van der Waals surface area contributed by atoms with Crippen molar-refractivity contribution < 1.29 is 28.1 Å². The molecular weight excluding hydrogens is 372 g/mol. The van der Waals surface area contributed by atoms with Gasteiger partial charge in [0.1, 0.15) is 18.0 Å². The Morgan fingerprint density at radius 2 is 1.85 bits per heavy atom. The van der Waals surface area contributed by atoms with E-state index in [1.54, 1.807) is 12.1 Å². The molecule has 0 radical (unpaired) electrons. The van der Waals surface area contributed by atoms with E-state index in [9.17, 15) is 18.6 Å². The maximum Gasteiger partial charge on any atom is 0.240 e. The van der Waals surface area contributed by atoms with Crippen molar-refractivity contribution >= 4 is 10.0 Å². The van der Waals surface area contributed by atoms with Gasteiger partial charge in [-0.3, -0.25) is 4.90 Å². The summed E-state index contributed by atoms with van der Waals surface area (Å²) in [5.74, 6) is 0.576. The molecule has 152 valence electrons. The minimum Gasteiger partial charge on any atom is -0.497 e. The summed E-state index contributed by atoms with van der Waals surface area (Å²) in [6.45, 7) is 1.41. The molecule has 0 aliphatic carbocycles. The van der Waals surface area contributed by atoms with Gasteiger partial charge in [-0.15, -0.1) is 0 Å². The number of nitrogens with zero attached hydrogens (tertiary/aromatic N) is 1. The Hall–Kier alpha value is -1.23. The molecular formula is C18H28N2O6S. The van der Waals surface area contributed by atoms with Crippen LogP contribution in [0.2, 0.25) is 0 Å². The second-order valence-electron chi connectivity index (χ2n) is 7.00. The second kappa shape index (κ2) is 8.85. The highest BCUT2D eigenvalue weighted by atomic mass is 32.2. The van der Waals surface area contributed by atoms with Gasteiger partial charge in [-0.1, -0.05) is 6.42 Å². The van der Waals surface area contributed by atoms with Crippen molar-refractivity contribution in [2.24, 2.45) is 0 Å². The molecule has 9 heteroatoms. The van der Waals surface area contributed by atoms with E-state index >= 15 is 0 Å². The SMILES string of the molecule is COc1ccc(S(=O)(=O)NC[C@H]2O[C@@H](CO)[C@@H](O)[C@H]2N2CCCCC2)cc1. The van der Waals surface area contributed by atoms with Gasteiger partial charge in [-0.25, -0.2) is 13.1 Å². The topological polar surface area (TPSA) is 108 Å². The highest BCUT2D eigenvalue weighted by Crippen LogP contribution is 2.28. The fourth-order valence-corrected chi connectivity index (χ4v) is 4.89. The van der Waals surface area contributed by atoms with E-state index < -0.39 is 28.3 Å². The van der Waals surface area contributed by atoms with Crippen LogP contribution in [0.15, 0.2) is 29.2 Å². The summed E-state index contributed by atoms with van der Waals surface area (Å²) in [4.78, 5) is 2.28. The molecule has 1 aromatic carbocycles. The lowest BCUT2D eigenvalue weighted by atomic mass is 9.99. The zero-order valence-corrected chi connectivity index (χ0v) is 16.3. The third-order valence-corrected chi connectivity index (χ3v) is 6.74. The molecule has 0 aromatic heterocycles. The number of sulfonamides is 1. The quantitative estimate of drug-likeness (QED) is 0.589. The largest absolute Gasteiger partial charge is 0.497 e. The Morgan fingerprint density at radius 1 is 1.19 bits per heavy atom. The molecule has 2 saturated heterocycles. The lowest BCUT2D eigenvalue weighted by Gasteiger charge is -2.36. The molecule has 2 aliphatic rings. The first-order chi connectivity index (χ1) is 13.0. The number of hydrogen-bond donors (Lipinski definition) is 3. The summed E-state index contributed by atoms with van der Waals surface area (Å²) < 4.78 is 38.5. The van der Waals surface area contributed by atoms with E-state index in [0.29, 0.717) is 5.75 Å². The van der Waals surface area contributed by atoms with Crippen LogP contribution in [0.4, 0.5) is 0 Å². The van der Waals surface area contributed by atoms with Gasteiger partial charge in [0.2, 0.25) is 10.0 Å². The first-order valence-corrected chi connectivity index (χ1v) is 10.8. The summed E-state index contributed by atoms with van der Waals surface area (Å²) in [7, 11) is -2.20. The molecule has 0 spiro atoms. The molecule has 0 saturated carbocycles. The Labute approximate surface area is 160 Å². The minimum absolute atomic E-state index is 0.0308. The molecule has 27 heavy (non-hydrogen) atoms. The molecule has 1 aromatic rings. The van der Waals surface area contributed by atoms with E-state index in [1.165, 1.54) is 19.2 Å². The maximum absolute atomic E-state index is 12.6. The predicted molar refractivity (Wildman–Crippen MR) is 99.1 cm³/mol. The van der Waals surface area contributed by atoms with Crippen LogP contribution in [0.25, 0.3) is 0 Å². The third kappa shape index (κ3) is 4.61. The molecule has 3 N–H and O–H groups in total. The summed E-state index contributed by atoms with van der Waals surface area (Å²) in [6.07, 6.45) is 1.16. The molecule has 2 heterocycles. The van der Waals surface area contributed by atoms with Gasteiger partial charge >= 0.3 is 0 Å². The number of ether oxygens (including phenoxy) is 2. The van der Waals surface area contributed by atoms with Crippen molar-refractivity contribution in [3.63, 3.8) is 0 Å². The van der Waals surface area contributed by atoms with Gasteiger partial charge in [-0.05, 0) is 50.2 Å². The molecule has 0 bridgehead atoms. The zero-order valence-electron chi connectivity index (χ0n) is 15.5. The summed E-state index contributed by atoms with van der Waals surface area (Å²) in [5.41, 5.74) is 0. The van der Waals surface area contributed by atoms with Crippen LogP contribution in [0.5, 0.6) is 5.75 Å². The first kappa shape index (κ1) is 20.5. The van der Waals surface area contributed by atoms with Gasteiger partial charge in [-0.2, -0.15) is 0 Å². The number of nitrogens with one attached hydrogen (secondary N) is 1. The van der Waals surface area contributed by atoms with Crippen LogP contribution < -0.4 is 9.46 Å². The minimum atomic E-state index is -3.72. The maximum atomic E-state index is 12.6. The van der Waals surface area contributed by atoms with Gasteiger partial charge in [0.05, 0.1) is 30.8 Å². The standard InChI is InChI=1S/C18H28N2O6S/c1-25-13-5-7-14(8-6-13)27(23,24)19-11-15-17(18(22)16(12-21)26-15)20-9-3-2-4-10-20/h5-8,15-19,21-22H,2-4,9-12H2,1H3/t15-,16+,17+,18-/m1/s1. The van der Waals surface area contributed by atoms with Gasteiger partial charge in [0.15, 0.2) is 0 Å². The molecule has 8 nitrogen and oxygen atoms in total. The number of hydrogen-bond acceptors (Lipinski definition) is 7. The van der Waals surface area contributed by atoms with Gasteiger partial charge < -0.3 is 19.7 Å². The lowest BCUT2D eigenvalue weighted by Crippen LogP contribution is -2.52. The highest BCUT2D eigenvalue weighted by molar-refractivity contribution is 7.89. The molecule has 0 amide bonds. The Balaban J connectivity index is 1.69. The monoisotopic (exact) mass is 400 g/mol. The number of methoxy groups -OCH3 is 1. The normalized spacial score (nSPS) is 29.7. The predicted octanol–water partition coefficient (Wildman–Crippen LogP) is -0.0514. The third-order valence-electron chi connectivity index (χ3n) is 5.30. The fraction of sp³-hybridized carbons (Fsp3) is 0.667. The van der Waals surface area contributed by atoms with E-state index in [4.69, 9.17) is 9.47 Å². The van der Waals surface area contributed by atoms with Crippen molar-refractivity contribution in [3.8, 4) is 5.75 Å². The van der Waals surface area contributed by atoms with E-state index in [2.05, 4.69) is 9.62 Å². The van der Waals surface area contributed by atoms with Crippen molar-refractivity contribution in [1.29, 1.82) is 0 Å². The van der Waals surface area contributed by atoms with Crippen LogP contribution in [-0.2, 0) is 14.8 Å². The number of benzene rings is 1. The second-order valence-corrected chi connectivity index (χ2v) is 8.77. The molecule has 0 unspecified atom stereocenters. The van der Waals surface area contributed by atoms with E-state index in [1.807, 2.05) is 0 Å². The Kier molecular flexibility index (Phi) is 6.72. The Bertz CT molecular complexity index is 705. The van der Waals surface area contributed by atoms with Crippen LogP contribution in [0.3, 0.4) is 0 Å². The van der Waals surface area contributed by atoms with E-state index in [0.717, 1.165) is 32.4 Å². The van der Waals surface area contributed by atoms with Gasteiger partial charge in [0.25, 0.3) is 0 Å². The smallest absolute Gasteiger partial charge is 0.240 e.